The minimum atomic E-state index is -4.66. The van der Waals surface area contributed by atoms with Crippen molar-refractivity contribution in [1.29, 1.82) is 0 Å². The van der Waals surface area contributed by atoms with E-state index in [2.05, 4.69) is 15.4 Å². The summed E-state index contributed by atoms with van der Waals surface area (Å²) in [5.41, 5.74) is 1.74. The summed E-state index contributed by atoms with van der Waals surface area (Å²) >= 11 is 0. The first kappa shape index (κ1) is 18.1. The van der Waals surface area contributed by atoms with Crippen molar-refractivity contribution in [1.82, 2.24) is 19.5 Å². The van der Waals surface area contributed by atoms with Crippen LogP contribution in [0.2, 0.25) is 0 Å². The van der Waals surface area contributed by atoms with Gasteiger partial charge in [0.1, 0.15) is 16.3 Å². The molecule has 0 fully saturated rings. The maximum absolute atomic E-state index is 13.0. The van der Waals surface area contributed by atoms with E-state index >= 15 is 0 Å². The summed E-state index contributed by atoms with van der Waals surface area (Å²) in [6.07, 6.45) is -2.21. The molecule has 7 nitrogen and oxygen atoms in total. The molecule has 0 amide bonds. The Morgan fingerprint density at radius 3 is 2.59 bits per heavy atom. The number of pyridine rings is 1. The number of benzene rings is 1. The van der Waals surface area contributed by atoms with E-state index in [1.165, 1.54) is 6.20 Å². The van der Waals surface area contributed by atoms with Crippen LogP contribution in [0.25, 0.3) is 0 Å². The number of halogens is 3. The number of aromatic hydroxyl groups is 1. The first-order chi connectivity index (χ1) is 13.7. The van der Waals surface area contributed by atoms with Crippen LogP contribution < -0.4 is 5.32 Å². The van der Waals surface area contributed by atoms with Crippen LogP contribution in [0.3, 0.4) is 0 Å². The summed E-state index contributed by atoms with van der Waals surface area (Å²) in [6, 6.07) is 6.03. The van der Waals surface area contributed by atoms with Crippen molar-refractivity contribution in [3.63, 3.8) is 0 Å². The van der Waals surface area contributed by atoms with Gasteiger partial charge >= 0.3 is 6.18 Å². The molecule has 2 N–H and O–H groups in total. The molecule has 2 aliphatic heterocycles. The molecular formula is C18H13F3N4O3S. The number of fused-ring (bicyclic) bond motifs is 7. The summed E-state index contributed by atoms with van der Waals surface area (Å²) in [4.78, 5) is 2.86. The van der Waals surface area contributed by atoms with Gasteiger partial charge in [0.2, 0.25) is 0 Å². The minimum absolute atomic E-state index is 0.107. The lowest BCUT2D eigenvalue weighted by Crippen LogP contribution is -2.29. The van der Waals surface area contributed by atoms with Crippen LogP contribution in [0.1, 0.15) is 40.2 Å². The highest BCUT2D eigenvalue weighted by Gasteiger charge is 2.41. The summed E-state index contributed by atoms with van der Waals surface area (Å²) in [5, 5.41) is 17.2. The zero-order valence-corrected chi connectivity index (χ0v) is 15.4. The van der Waals surface area contributed by atoms with Crippen molar-refractivity contribution >= 4 is 10.0 Å². The summed E-state index contributed by atoms with van der Waals surface area (Å²) in [6.45, 7) is 0. The Balaban J connectivity index is 1.57. The number of nitrogens with one attached hydrogen (secondary N) is 1. The molecule has 0 radical (unpaired) electrons. The molecule has 150 valence electrons. The highest BCUT2D eigenvalue weighted by Crippen LogP contribution is 2.45. The lowest BCUT2D eigenvalue weighted by atomic mass is 10.0. The number of rotatable bonds is 2. The number of hydrogen-bond acceptors (Lipinski definition) is 6. The molecule has 2 aromatic heterocycles. The molecule has 11 heteroatoms. The molecule has 1 aromatic carbocycles. The molecular weight excluding hydrogens is 409 g/mol. The number of phenols is 1. The largest absolute Gasteiger partial charge is 0.508 e. The van der Waals surface area contributed by atoms with Gasteiger partial charge < -0.3 is 5.11 Å². The number of alkyl halides is 3. The van der Waals surface area contributed by atoms with Gasteiger partial charge in [-0.1, -0.05) is 6.07 Å². The average Bonchev–Trinajstić information content (AvgIpc) is 3.22. The number of phenolic OH excluding ortho intramolecular Hbond substituents is 1. The topological polar surface area (TPSA) is 97.1 Å². The van der Waals surface area contributed by atoms with Gasteiger partial charge in [-0.3, -0.25) is 10.3 Å². The molecule has 5 rings (SSSR count). The average molecular weight is 422 g/mol. The third-order valence-electron chi connectivity index (χ3n) is 5.25. The van der Waals surface area contributed by atoms with Gasteiger partial charge in [-0.25, -0.2) is 0 Å². The molecule has 0 spiro atoms. The van der Waals surface area contributed by atoms with Crippen molar-refractivity contribution < 1.29 is 26.7 Å². The maximum Gasteiger partial charge on any atom is 0.433 e. The van der Waals surface area contributed by atoms with Crippen LogP contribution in [-0.2, 0) is 22.6 Å². The van der Waals surface area contributed by atoms with E-state index < -0.39 is 21.9 Å². The second kappa shape index (κ2) is 5.80. The van der Waals surface area contributed by atoms with Crippen LogP contribution in [0.5, 0.6) is 5.75 Å². The summed E-state index contributed by atoms with van der Waals surface area (Å²) in [5.74, 6) is 0.107. The first-order valence-electron chi connectivity index (χ1n) is 8.61. The maximum atomic E-state index is 13.0. The number of aromatic nitrogens is 3. The molecule has 3 aromatic rings. The summed E-state index contributed by atoms with van der Waals surface area (Å²) < 4.78 is 65.0. The van der Waals surface area contributed by atoms with Crippen LogP contribution in [0, 0.1) is 0 Å². The first-order valence-corrected chi connectivity index (χ1v) is 10.0. The monoisotopic (exact) mass is 422 g/mol. The van der Waals surface area contributed by atoms with Crippen molar-refractivity contribution in [2.24, 2.45) is 0 Å². The second-order valence-corrected chi connectivity index (χ2v) is 8.71. The number of nitrogens with zero attached hydrogens (tertiary/aromatic N) is 3. The third-order valence-corrected chi connectivity index (χ3v) is 6.86. The van der Waals surface area contributed by atoms with Crippen LogP contribution in [0.4, 0.5) is 13.2 Å². The van der Waals surface area contributed by atoms with Crippen molar-refractivity contribution in [2.75, 3.05) is 0 Å². The van der Waals surface area contributed by atoms with E-state index in [0.29, 0.717) is 29.9 Å². The van der Waals surface area contributed by atoms with Gasteiger partial charge in [-0.05, 0) is 35.4 Å². The Hall–Kier alpha value is -2.92. The molecule has 29 heavy (non-hydrogen) atoms. The Morgan fingerprint density at radius 1 is 1.10 bits per heavy atom. The standard InChI is InChI=1S/C18H13F3N4O3S/c19-18(20,21)16-4-2-10(7-22-16)29(27,28)25-15-6-14-11-3-1-9(26)5-12(11)17(24-14)13(15)8-23-25/h1-5,7-8,14,17,24,26H,6H2. The van der Waals surface area contributed by atoms with Crippen LogP contribution in [0.15, 0.2) is 47.6 Å². The van der Waals surface area contributed by atoms with Gasteiger partial charge in [0.25, 0.3) is 10.0 Å². The lowest BCUT2D eigenvalue weighted by Gasteiger charge is -2.23. The Bertz CT molecular complexity index is 1240. The van der Waals surface area contributed by atoms with Gasteiger partial charge in [0.05, 0.1) is 17.9 Å². The number of hydrogen-bond donors (Lipinski definition) is 2. The Morgan fingerprint density at radius 2 is 1.90 bits per heavy atom. The minimum Gasteiger partial charge on any atom is -0.508 e. The van der Waals surface area contributed by atoms with Crippen LogP contribution in [-0.4, -0.2) is 27.7 Å². The molecule has 2 atom stereocenters. The van der Waals surface area contributed by atoms with E-state index in [0.717, 1.165) is 21.3 Å². The second-order valence-electron chi connectivity index (χ2n) is 6.94. The highest BCUT2D eigenvalue weighted by molar-refractivity contribution is 7.89. The molecule has 4 heterocycles. The van der Waals surface area contributed by atoms with E-state index in [4.69, 9.17) is 0 Å². The predicted octanol–water partition coefficient (Wildman–Crippen LogP) is 2.53. The molecule has 2 bridgehead atoms. The fourth-order valence-electron chi connectivity index (χ4n) is 3.94. The molecule has 0 saturated heterocycles. The molecule has 2 aliphatic rings. The van der Waals surface area contributed by atoms with E-state index in [9.17, 15) is 26.7 Å². The van der Waals surface area contributed by atoms with Crippen LogP contribution >= 0.6 is 0 Å². The predicted molar refractivity (Wildman–Crippen MR) is 93.6 cm³/mol. The highest BCUT2D eigenvalue weighted by atomic mass is 32.2. The van der Waals surface area contributed by atoms with Gasteiger partial charge in [0.15, 0.2) is 0 Å². The van der Waals surface area contributed by atoms with E-state index in [1.807, 2.05) is 0 Å². The fraction of sp³-hybridized carbons (Fsp3) is 0.222. The third kappa shape index (κ3) is 2.64. The SMILES string of the molecule is O=S(=O)(c1ccc(C(F)(F)F)nc1)n1ncc2c1CC1NC2c2cc(O)ccc21. The van der Waals surface area contributed by atoms with E-state index in [-0.39, 0.29) is 22.7 Å². The Kier molecular flexibility index (Phi) is 3.63. The normalized spacial score (nSPS) is 20.4. The van der Waals surface area contributed by atoms with Gasteiger partial charge in [-0.15, -0.1) is 0 Å². The Labute approximate surface area is 162 Å². The fourth-order valence-corrected chi connectivity index (χ4v) is 5.21. The zero-order chi connectivity index (χ0) is 20.6. The van der Waals surface area contributed by atoms with Crippen molar-refractivity contribution in [2.45, 2.75) is 29.6 Å². The smallest absolute Gasteiger partial charge is 0.433 e. The van der Waals surface area contributed by atoms with Gasteiger partial charge in [0, 0.05) is 24.2 Å². The zero-order valence-electron chi connectivity index (χ0n) is 14.6. The quantitative estimate of drug-likeness (QED) is 0.659. The lowest BCUT2D eigenvalue weighted by molar-refractivity contribution is -0.141. The molecule has 0 saturated carbocycles. The molecule has 0 aliphatic carbocycles. The summed E-state index contributed by atoms with van der Waals surface area (Å²) in [7, 11) is -4.22. The van der Waals surface area contributed by atoms with Crippen molar-refractivity contribution in [3.05, 3.63) is 70.8 Å². The van der Waals surface area contributed by atoms with Gasteiger partial charge in [-0.2, -0.15) is 30.8 Å². The van der Waals surface area contributed by atoms with E-state index in [1.54, 1.807) is 18.2 Å². The molecule has 2 unspecified atom stereocenters. The van der Waals surface area contributed by atoms with Crippen molar-refractivity contribution in [3.8, 4) is 5.75 Å².